The fraction of sp³-hybridized carbons (Fsp3) is 0.375. The first kappa shape index (κ1) is 20.3. The molecule has 0 amide bonds. The van der Waals surface area contributed by atoms with Gasteiger partial charge in [-0.3, -0.25) is 0 Å². The molecule has 0 aliphatic carbocycles. The fourth-order valence-corrected chi connectivity index (χ4v) is 4.55. The van der Waals surface area contributed by atoms with Gasteiger partial charge in [-0.2, -0.15) is 20.1 Å². The number of nitrogens with one attached hydrogen (secondary N) is 1. The van der Waals surface area contributed by atoms with Crippen molar-refractivity contribution in [2.75, 3.05) is 50.8 Å². The minimum atomic E-state index is 0.227. The van der Waals surface area contributed by atoms with Gasteiger partial charge in [0.2, 0.25) is 5.95 Å². The van der Waals surface area contributed by atoms with Crippen molar-refractivity contribution in [3.05, 3.63) is 24.8 Å². The molecule has 0 atom stereocenters. The van der Waals surface area contributed by atoms with Crippen molar-refractivity contribution in [2.45, 2.75) is 0 Å². The molecule has 11 heteroatoms. The van der Waals surface area contributed by atoms with E-state index in [-0.39, 0.29) is 6.01 Å². The number of hydrazone groups is 1. The van der Waals surface area contributed by atoms with Gasteiger partial charge in [0.05, 0.1) is 37.2 Å². The van der Waals surface area contributed by atoms with E-state index in [0.29, 0.717) is 38.2 Å². The lowest BCUT2D eigenvalue weighted by Gasteiger charge is -2.26. The van der Waals surface area contributed by atoms with Crippen LogP contribution in [-0.4, -0.2) is 61.7 Å². The number of anilines is 2. The van der Waals surface area contributed by atoms with Gasteiger partial charge in [-0.1, -0.05) is 0 Å². The third-order valence-corrected chi connectivity index (χ3v) is 5.11. The van der Waals surface area contributed by atoms with Crippen molar-refractivity contribution in [3.8, 4) is 11.8 Å². The average molecular weight is 596 g/mol. The SMILES string of the molecule is COc1nc(N/N=C\c2cc(I)cc(I)c2OC)nc(N2CCOCC2)n1. The number of morpholine rings is 1. The second-order valence-corrected chi connectivity index (χ2v) is 7.83. The topological polar surface area (TPSA) is 94.0 Å². The Labute approximate surface area is 184 Å². The summed E-state index contributed by atoms with van der Waals surface area (Å²) in [6, 6.07) is 4.25. The fourth-order valence-electron chi connectivity index (χ4n) is 2.44. The van der Waals surface area contributed by atoms with Gasteiger partial charge in [0, 0.05) is 22.2 Å². The van der Waals surface area contributed by atoms with Gasteiger partial charge in [-0.05, 0) is 57.3 Å². The van der Waals surface area contributed by atoms with Crippen LogP contribution < -0.4 is 19.8 Å². The van der Waals surface area contributed by atoms with Crippen LogP contribution in [0.3, 0.4) is 0 Å². The maximum Gasteiger partial charge on any atom is 0.322 e. The minimum absolute atomic E-state index is 0.227. The molecule has 1 saturated heterocycles. The maximum atomic E-state index is 5.46. The van der Waals surface area contributed by atoms with Crippen LogP contribution in [-0.2, 0) is 4.74 Å². The molecule has 1 aliphatic rings. The van der Waals surface area contributed by atoms with Crippen molar-refractivity contribution >= 4 is 63.3 Å². The highest BCUT2D eigenvalue weighted by Crippen LogP contribution is 2.27. The van der Waals surface area contributed by atoms with E-state index in [1.165, 1.54) is 7.11 Å². The van der Waals surface area contributed by atoms with E-state index in [1.54, 1.807) is 13.3 Å². The van der Waals surface area contributed by atoms with Gasteiger partial charge >= 0.3 is 6.01 Å². The van der Waals surface area contributed by atoms with E-state index in [2.05, 4.69) is 70.7 Å². The molecule has 1 aromatic carbocycles. The highest BCUT2D eigenvalue weighted by atomic mass is 127. The molecule has 1 aromatic heterocycles. The maximum absolute atomic E-state index is 5.46. The second-order valence-electron chi connectivity index (χ2n) is 5.43. The van der Waals surface area contributed by atoms with Crippen LogP contribution in [0.15, 0.2) is 17.2 Å². The normalized spacial score (nSPS) is 14.4. The highest BCUT2D eigenvalue weighted by Gasteiger charge is 2.16. The first-order valence-electron chi connectivity index (χ1n) is 8.05. The smallest absolute Gasteiger partial charge is 0.322 e. The summed E-state index contributed by atoms with van der Waals surface area (Å²) in [5.41, 5.74) is 3.70. The van der Waals surface area contributed by atoms with Gasteiger partial charge in [-0.15, -0.1) is 0 Å². The Morgan fingerprint density at radius 1 is 1.15 bits per heavy atom. The van der Waals surface area contributed by atoms with E-state index < -0.39 is 0 Å². The molecular weight excluding hydrogens is 578 g/mol. The molecule has 1 aliphatic heterocycles. The van der Waals surface area contributed by atoms with Gasteiger partial charge in [0.1, 0.15) is 5.75 Å². The number of hydrogen-bond donors (Lipinski definition) is 1. The Morgan fingerprint density at radius 2 is 1.93 bits per heavy atom. The van der Waals surface area contributed by atoms with Gasteiger partial charge < -0.3 is 19.1 Å². The summed E-state index contributed by atoms with van der Waals surface area (Å²) < 4.78 is 18.1. The van der Waals surface area contributed by atoms with Crippen LogP contribution in [0.1, 0.15) is 5.56 Å². The Hall–Kier alpha value is -1.48. The predicted molar refractivity (Wildman–Crippen MR) is 119 cm³/mol. The summed E-state index contributed by atoms with van der Waals surface area (Å²) in [5, 5.41) is 4.25. The van der Waals surface area contributed by atoms with Crippen molar-refractivity contribution in [2.24, 2.45) is 5.10 Å². The van der Waals surface area contributed by atoms with Crippen molar-refractivity contribution in [3.63, 3.8) is 0 Å². The molecule has 1 fully saturated rings. The zero-order valence-electron chi connectivity index (χ0n) is 14.8. The molecule has 9 nitrogen and oxygen atoms in total. The third kappa shape index (κ3) is 5.28. The molecule has 0 saturated carbocycles. The summed E-state index contributed by atoms with van der Waals surface area (Å²) in [7, 11) is 3.16. The number of hydrogen-bond acceptors (Lipinski definition) is 9. The molecule has 0 spiro atoms. The zero-order chi connectivity index (χ0) is 19.2. The zero-order valence-corrected chi connectivity index (χ0v) is 19.1. The summed E-state index contributed by atoms with van der Waals surface area (Å²) in [6.45, 7) is 2.71. The molecular formula is C16H18I2N6O3. The Balaban J connectivity index is 1.80. The predicted octanol–water partition coefficient (Wildman–Crippen LogP) is 2.38. The largest absolute Gasteiger partial charge is 0.495 e. The second kappa shape index (κ2) is 9.64. The number of aromatic nitrogens is 3. The molecule has 3 rings (SSSR count). The lowest BCUT2D eigenvalue weighted by molar-refractivity contribution is 0.122. The molecule has 2 heterocycles. The number of benzene rings is 1. The molecule has 0 unspecified atom stereocenters. The Morgan fingerprint density at radius 3 is 2.63 bits per heavy atom. The van der Waals surface area contributed by atoms with Crippen LogP contribution >= 0.6 is 45.2 Å². The van der Waals surface area contributed by atoms with Crippen molar-refractivity contribution in [1.29, 1.82) is 0 Å². The number of nitrogens with zero attached hydrogens (tertiary/aromatic N) is 5. The van der Waals surface area contributed by atoms with Crippen molar-refractivity contribution in [1.82, 2.24) is 15.0 Å². The number of methoxy groups -OCH3 is 2. The Bertz CT molecular complexity index is 830. The van der Waals surface area contributed by atoms with E-state index in [4.69, 9.17) is 14.2 Å². The van der Waals surface area contributed by atoms with Crippen LogP contribution in [0.2, 0.25) is 0 Å². The van der Waals surface area contributed by atoms with Crippen LogP contribution in [0.4, 0.5) is 11.9 Å². The minimum Gasteiger partial charge on any atom is -0.495 e. The highest BCUT2D eigenvalue weighted by molar-refractivity contribution is 14.1. The van der Waals surface area contributed by atoms with Gasteiger partial charge in [0.25, 0.3) is 5.95 Å². The first-order chi connectivity index (χ1) is 13.1. The molecule has 1 N–H and O–H groups in total. The number of ether oxygens (including phenoxy) is 3. The monoisotopic (exact) mass is 596 g/mol. The Kier molecular flexibility index (Phi) is 7.23. The van der Waals surface area contributed by atoms with Crippen LogP contribution in [0, 0.1) is 7.14 Å². The van der Waals surface area contributed by atoms with Crippen LogP contribution in [0.25, 0.3) is 0 Å². The summed E-state index contributed by atoms with van der Waals surface area (Å²) in [5.74, 6) is 1.60. The molecule has 144 valence electrons. The molecule has 0 radical (unpaired) electrons. The standard InChI is InChI=1S/C16H18I2N6O3/c1-25-13-10(7-11(17)8-12(13)18)9-19-23-14-20-15(22-16(21-14)26-2)24-3-5-27-6-4-24/h7-9H,3-6H2,1-2H3,(H,20,21,22,23)/b19-9-. The number of rotatable bonds is 6. The van der Waals surface area contributed by atoms with E-state index in [1.807, 2.05) is 17.0 Å². The lowest BCUT2D eigenvalue weighted by atomic mass is 10.2. The molecule has 2 aromatic rings. The molecule has 27 heavy (non-hydrogen) atoms. The summed E-state index contributed by atoms with van der Waals surface area (Å²) in [6.07, 6.45) is 1.67. The number of halogens is 2. The third-order valence-electron chi connectivity index (χ3n) is 3.69. The van der Waals surface area contributed by atoms with Crippen molar-refractivity contribution < 1.29 is 14.2 Å². The van der Waals surface area contributed by atoms with Crippen LogP contribution in [0.5, 0.6) is 11.8 Å². The van der Waals surface area contributed by atoms with E-state index >= 15 is 0 Å². The van der Waals surface area contributed by atoms with E-state index in [0.717, 1.165) is 18.5 Å². The average Bonchev–Trinajstić information content (AvgIpc) is 2.68. The van der Waals surface area contributed by atoms with E-state index in [9.17, 15) is 0 Å². The lowest BCUT2D eigenvalue weighted by Crippen LogP contribution is -2.37. The molecule has 0 bridgehead atoms. The summed E-state index contributed by atoms with van der Waals surface area (Å²) >= 11 is 4.49. The summed E-state index contributed by atoms with van der Waals surface area (Å²) in [4.78, 5) is 14.9. The van der Waals surface area contributed by atoms with Gasteiger partial charge in [0.15, 0.2) is 0 Å². The first-order valence-corrected chi connectivity index (χ1v) is 10.2. The quantitative estimate of drug-likeness (QED) is 0.309. The van der Waals surface area contributed by atoms with Gasteiger partial charge in [-0.25, -0.2) is 5.43 Å².